The lowest BCUT2D eigenvalue weighted by molar-refractivity contribution is -0.385. The number of nitrogens with zero attached hydrogens (tertiary/aromatic N) is 1. The van der Waals surface area contributed by atoms with Gasteiger partial charge in [0, 0.05) is 35.3 Å². The summed E-state index contributed by atoms with van der Waals surface area (Å²) in [6.45, 7) is 0.0272. The Labute approximate surface area is 136 Å². The number of aliphatic hydroxyl groups excluding tert-OH is 1. The zero-order chi connectivity index (χ0) is 17.0. The van der Waals surface area contributed by atoms with Gasteiger partial charge >= 0.3 is 5.69 Å². The van der Waals surface area contributed by atoms with Crippen LogP contribution in [0, 0.1) is 15.9 Å². The Kier molecular flexibility index (Phi) is 5.49. The van der Waals surface area contributed by atoms with Crippen LogP contribution in [-0.2, 0) is 6.54 Å². The van der Waals surface area contributed by atoms with E-state index in [2.05, 4.69) is 5.32 Å². The Morgan fingerprint density at radius 2 is 2.04 bits per heavy atom. The van der Waals surface area contributed by atoms with E-state index in [1.165, 1.54) is 24.3 Å². The highest BCUT2D eigenvalue weighted by Gasteiger charge is 2.19. The first-order valence-electron chi connectivity index (χ1n) is 6.69. The fourth-order valence-electron chi connectivity index (χ4n) is 2.11. The lowest BCUT2D eigenvalue weighted by Crippen LogP contribution is -2.21. The van der Waals surface area contributed by atoms with Crippen molar-refractivity contribution in [2.45, 2.75) is 12.6 Å². The van der Waals surface area contributed by atoms with Crippen molar-refractivity contribution >= 4 is 17.3 Å². The van der Waals surface area contributed by atoms with E-state index in [1.807, 2.05) is 0 Å². The third kappa shape index (κ3) is 4.16. The van der Waals surface area contributed by atoms with Crippen LogP contribution in [0.2, 0.25) is 5.02 Å². The van der Waals surface area contributed by atoms with Gasteiger partial charge < -0.3 is 15.5 Å². The first kappa shape index (κ1) is 17.1. The van der Waals surface area contributed by atoms with Crippen molar-refractivity contribution in [2.24, 2.45) is 0 Å². The van der Waals surface area contributed by atoms with Gasteiger partial charge in [-0.15, -0.1) is 0 Å². The number of nitro benzene ring substituents is 1. The number of hydrogen-bond donors (Lipinski definition) is 3. The Morgan fingerprint density at radius 3 is 2.70 bits per heavy atom. The van der Waals surface area contributed by atoms with Gasteiger partial charge in [0.05, 0.1) is 11.0 Å². The van der Waals surface area contributed by atoms with Crippen LogP contribution in [0.4, 0.5) is 10.1 Å². The Hall–Kier alpha value is -2.22. The molecule has 2 aromatic carbocycles. The zero-order valence-corrected chi connectivity index (χ0v) is 12.6. The summed E-state index contributed by atoms with van der Waals surface area (Å²) in [5, 5.41) is 33.5. The number of aliphatic hydroxyl groups is 1. The van der Waals surface area contributed by atoms with Gasteiger partial charge in [0.25, 0.3) is 0 Å². The molecule has 0 spiro atoms. The van der Waals surface area contributed by atoms with Crippen molar-refractivity contribution in [3.8, 4) is 5.75 Å². The molecule has 0 aliphatic heterocycles. The first-order chi connectivity index (χ1) is 10.9. The number of aromatic hydroxyl groups is 1. The smallest absolute Gasteiger partial charge is 0.312 e. The molecule has 0 heterocycles. The molecule has 0 radical (unpaired) electrons. The molecule has 0 aromatic heterocycles. The maximum atomic E-state index is 13.5. The average Bonchev–Trinajstić information content (AvgIpc) is 2.50. The number of halogens is 2. The third-order valence-electron chi connectivity index (χ3n) is 3.25. The quantitative estimate of drug-likeness (QED) is 0.555. The summed E-state index contributed by atoms with van der Waals surface area (Å²) in [5.74, 6) is -1.02. The Morgan fingerprint density at radius 1 is 1.35 bits per heavy atom. The predicted octanol–water partition coefficient (Wildman–Crippen LogP) is 2.92. The zero-order valence-electron chi connectivity index (χ0n) is 11.9. The third-order valence-corrected chi connectivity index (χ3v) is 3.47. The molecule has 23 heavy (non-hydrogen) atoms. The second-order valence-electron chi connectivity index (χ2n) is 4.86. The lowest BCUT2D eigenvalue weighted by Gasteiger charge is -2.13. The molecule has 0 bridgehead atoms. The second-order valence-corrected chi connectivity index (χ2v) is 5.29. The number of phenolic OH excluding ortho intramolecular Hbond substituents is 1. The van der Waals surface area contributed by atoms with Crippen LogP contribution in [0.3, 0.4) is 0 Å². The topological polar surface area (TPSA) is 95.6 Å². The van der Waals surface area contributed by atoms with E-state index < -0.39 is 28.3 Å². The van der Waals surface area contributed by atoms with Crippen molar-refractivity contribution in [3.05, 3.63) is 68.5 Å². The molecule has 0 aliphatic carbocycles. The maximum Gasteiger partial charge on any atom is 0.312 e. The van der Waals surface area contributed by atoms with Gasteiger partial charge in [-0.05, 0) is 12.1 Å². The van der Waals surface area contributed by atoms with Crippen LogP contribution in [0.1, 0.15) is 17.2 Å². The SMILES string of the molecule is O=[N+]([O-])c1cc(Cl)cc(CNCC(O)c2ccccc2F)c1O. The summed E-state index contributed by atoms with van der Waals surface area (Å²) >= 11 is 5.78. The fourth-order valence-corrected chi connectivity index (χ4v) is 2.35. The van der Waals surface area contributed by atoms with Crippen LogP contribution in [0.5, 0.6) is 5.75 Å². The molecule has 6 nitrogen and oxygen atoms in total. The lowest BCUT2D eigenvalue weighted by atomic mass is 10.1. The highest BCUT2D eigenvalue weighted by atomic mass is 35.5. The number of phenols is 1. The highest BCUT2D eigenvalue weighted by Crippen LogP contribution is 2.33. The second kappa shape index (κ2) is 7.36. The molecule has 1 unspecified atom stereocenters. The minimum absolute atomic E-state index is 0.000679. The summed E-state index contributed by atoms with van der Waals surface area (Å²) < 4.78 is 13.5. The van der Waals surface area contributed by atoms with Crippen LogP contribution >= 0.6 is 11.6 Å². The normalized spacial score (nSPS) is 12.1. The molecule has 1 atom stereocenters. The minimum Gasteiger partial charge on any atom is -0.502 e. The fraction of sp³-hybridized carbons (Fsp3) is 0.200. The standard InChI is InChI=1S/C15H14ClFN2O4/c16-10-5-9(15(21)13(6-10)19(22)23)7-18-8-14(20)11-3-1-2-4-12(11)17/h1-6,14,18,20-21H,7-8H2. The molecule has 0 fully saturated rings. The molecule has 2 aromatic rings. The molecular weight excluding hydrogens is 327 g/mol. The highest BCUT2D eigenvalue weighted by molar-refractivity contribution is 6.31. The first-order valence-corrected chi connectivity index (χ1v) is 7.07. The van der Waals surface area contributed by atoms with Crippen molar-refractivity contribution in [1.82, 2.24) is 5.32 Å². The van der Waals surface area contributed by atoms with E-state index in [4.69, 9.17) is 11.6 Å². The number of nitrogens with one attached hydrogen (secondary N) is 1. The van der Waals surface area contributed by atoms with Crippen LogP contribution in [-0.4, -0.2) is 21.7 Å². The number of nitro groups is 1. The average molecular weight is 341 g/mol. The predicted molar refractivity (Wildman–Crippen MR) is 82.8 cm³/mol. The van der Waals surface area contributed by atoms with Crippen LogP contribution in [0.15, 0.2) is 36.4 Å². The van der Waals surface area contributed by atoms with Crippen molar-refractivity contribution in [1.29, 1.82) is 0 Å². The number of hydrogen-bond acceptors (Lipinski definition) is 5. The minimum atomic E-state index is -1.09. The molecule has 0 aliphatic rings. The molecule has 2 rings (SSSR count). The molecule has 0 saturated carbocycles. The van der Waals surface area contributed by atoms with E-state index in [9.17, 15) is 24.7 Å². The summed E-state index contributed by atoms with van der Waals surface area (Å²) in [7, 11) is 0. The van der Waals surface area contributed by atoms with E-state index in [0.717, 1.165) is 6.07 Å². The van der Waals surface area contributed by atoms with E-state index >= 15 is 0 Å². The Balaban J connectivity index is 2.04. The van der Waals surface area contributed by atoms with E-state index in [1.54, 1.807) is 6.07 Å². The van der Waals surface area contributed by atoms with Gasteiger partial charge in [0.1, 0.15) is 5.82 Å². The molecule has 8 heteroatoms. The van der Waals surface area contributed by atoms with Crippen molar-refractivity contribution in [3.63, 3.8) is 0 Å². The van der Waals surface area contributed by atoms with Gasteiger partial charge in [-0.3, -0.25) is 10.1 Å². The monoisotopic (exact) mass is 340 g/mol. The summed E-state index contributed by atoms with van der Waals surface area (Å²) in [5.41, 5.74) is -0.143. The Bertz CT molecular complexity index is 727. The number of benzene rings is 2. The van der Waals surface area contributed by atoms with Gasteiger partial charge in [0.2, 0.25) is 0 Å². The number of rotatable bonds is 6. The summed E-state index contributed by atoms with van der Waals surface area (Å²) in [4.78, 5) is 10.1. The molecular formula is C15H14ClFN2O4. The van der Waals surface area contributed by atoms with E-state index in [0.29, 0.717) is 0 Å². The maximum absolute atomic E-state index is 13.5. The molecule has 122 valence electrons. The van der Waals surface area contributed by atoms with Crippen LogP contribution < -0.4 is 5.32 Å². The summed E-state index contributed by atoms with van der Waals surface area (Å²) in [6, 6.07) is 8.25. The van der Waals surface area contributed by atoms with Crippen molar-refractivity contribution < 1.29 is 19.5 Å². The van der Waals surface area contributed by atoms with Gasteiger partial charge in [0.15, 0.2) is 5.75 Å². The largest absolute Gasteiger partial charge is 0.502 e. The van der Waals surface area contributed by atoms with Crippen LogP contribution in [0.25, 0.3) is 0 Å². The van der Waals surface area contributed by atoms with Gasteiger partial charge in [-0.1, -0.05) is 29.8 Å². The van der Waals surface area contributed by atoms with Gasteiger partial charge in [-0.2, -0.15) is 0 Å². The summed E-state index contributed by atoms with van der Waals surface area (Å²) in [6.07, 6.45) is -1.09. The molecule has 0 saturated heterocycles. The van der Waals surface area contributed by atoms with E-state index in [-0.39, 0.29) is 29.2 Å². The molecule has 0 amide bonds. The molecule has 3 N–H and O–H groups in total. The van der Waals surface area contributed by atoms with Crippen molar-refractivity contribution in [2.75, 3.05) is 6.54 Å². The van der Waals surface area contributed by atoms with Gasteiger partial charge in [-0.25, -0.2) is 4.39 Å².